The third kappa shape index (κ3) is 25.1. The molecule has 1 saturated carbocycles. The molecular weight excluding hydrogens is 425 g/mol. The van der Waals surface area contributed by atoms with Crippen molar-refractivity contribution in [2.45, 2.75) is 156 Å². The molecule has 3 unspecified atom stereocenters. The fourth-order valence-electron chi connectivity index (χ4n) is 4.79. The maximum atomic E-state index is 10.2. The van der Waals surface area contributed by atoms with Gasteiger partial charge in [0.1, 0.15) is 0 Å². The molecule has 1 fully saturated rings. The van der Waals surface area contributed by atoms with Crippen molar-refractivity contribution in [3.8, 4) is 0 Å². The minimum Gasteiger partial charge on any atom is -0.870 e. The van der Waals surface area contributed by atoms with Gasteiger partial charge in [0.15, 0.2) is 0 Å². The number of rotatable bonds is 17. The van der Waals surface area contributed by atoms with E-state index in [0.29, 0.717) is 11.8 Å². The number of hydrogen-bond acceptors (Lipinski definition) is 4. The first-order valence-corrected chi connectivity index (χ1v) is 13.8. The van der Waals surface area contributed by atoms with Crippen molar-refractivity contribution in [3.05, 3.63) is 0 Å². The third-order valence-corrected chi connectivity index (χ3v) is 6.97. The van der Waals surface area contributed by atoms with Crippen LogP contribution in [0, 0.1) is 17.8 Å². The van der Waals surface area contributed by atoms with Crippen LogP contribution in [-0.4, -0.2) is 45.7 Å². The molecule has 0 saturated heterocycles. The molecule has 0 aromatic rings. The quantitative estimate of drug-likeness (QED) is 0.181. The summed E-state index contributed by atoms with van der Waals surface area (Å²) in [6.07, 6.45) is 23.4. The zero-order valence-electron chi connectivity index (χ0n) is 22.7. The third-order valence-electron chi connectivity index (χ3n) is 6.97. The summed E-state index contributed by atoms with van der Waals surface area (Å²) in [5, 5.41) is 19.9. The van der Waals surface area contributed by atoms with Crippen molar-refractivity contribution >= 4 is 29.0 Å². The maximum Gasteiger partial charge on any atom is 2.00 e. The summed E-state index contributed by atoms with van der Waals surface area (Å²) in [6, 6.07) is 0. The smallest absolute Gasteiger partial charge is 0.870 e. The molecule has 33 heavy (non-hydrogen) atoms. The molecule has 0 amide bonds. The second-order valence-corrected chi connectivity index (χ2v) is 10.5. The number of carboxylic acid groups (broad SMARTS) is 1. The van der Waals surface area contributed by atoms with E-state index >= 15 is 0 Å². The molecule has 5 heteroatoms. The van der Waals surface area contributed by atoms with Crippen LogP contribution in [0.15, 0.2) is 0 Å². The summed E-state index contributed by atoms with van der Waals surface area (Å²) in [5.41, 5.74) is 0. The van der Waals surface area contributed by atoms with Gasteiger partial charge in [-0.25, -0.2) is 0 Å². The van der Waals surface area contributed by atoms with Crippen LogP contribution in [0.25, 0.3) is 0 Å². The maximum absolute atomic E-state index is 10.2. The molecule has 0 aliphatic heterocycles. The van der Waals surface area contributed by atoms with Crippen molar-refractivity contribution < 1.29 is 20.5 Å². The predicted molar refractivity (Wildman–Crippen MR) is 140 cm³/mol. The van der Waals surface area contributed by atoms with Gasteiger partial charge in [-0.1, -0.05) is 124 Å². The van der Waals surface area contributed by atoms with E-state index in [2.05, 4.69) is 27.7 Å². The van der Waals surface area contributed by atoms with Crippen LogP contribution < -0.4 is 5.11 Å². The number of carboxylic acids is 1. The van der Waals surface area contributed by atoms with Crippen LogP contribution in [0.4, 0.5) is 0 Å². The fourth-order valence-corrected chi connectivity index (χ4v) is 4.79. The average molecular weight is 481 g/mol. The monoisotopic (exact) mass is 480 g/mol. The average Bonchev–Trinajstić information content (AvgIpc) is 2.71. The van der Waals surface area contributed by atoms with Crippen molar-refractivity contribution in [2.24, 2.45) is 17.8 Å². The molecule has 1 aliphatic carbocycles. The number of aliphatic hydroxyl groups excluding tert-OH is 1. The number of aliphatic carboxylic acids is 1. The molecule has 0 bridgehead atoms. The van der Waals surface area contributed by atoms with Gasteiger partial charge in [0, 0.05) is 5.97 Å². The Hall–Kier alpha value is 0.156. The summed E-state index contributed by atoms with van der Waals surface area (Å²) >= 11 is 0. The minimum atomic E-state index is -0.903. The van der Waals surface area contributed by atoms with Gasteiger partial charge in [-0.05, 0) is 43.4 Å². The van der Waals surface area contributed by atoms with Gasteiger partial charge in [-0.3, -0.25) is 0 Å². The topological polar surface area (TPSA) is 90.4 Å². The second kappa shape index (κ2) is 26.8. The molecule has 0 heterocycles. The predicted octanol–water partition coefficient (Wildman–Crippen LogP) is 6.88. The Balaban J connectivity index is -0.000000588. The van der Waals surface area contributed by atoms with Gasteiger partial charge in [-0.2, -0.15) is 0 Å². The molecule has 0 aromatic heterocycles. The Morgan fingerprint density at radius 3 is 1.55 bits per heavy atom. The van der Waals surface area contributed by atoms with Crippen LogP contribution in [0.1, 0.15) is 150 Å². The standard InChI is InChI=1S/C18H36O2.C10H20O.Mg.H2O/c1-2-3-4-5-6-7-8-9-10-11-12-13-14-15-16-17-18(19)20;1-7(2)9-5-4-8(3)6-10(9)11;;/h2-17H2,1H3,(H,19,20);7-11H,4-6H2,1-3H3;;1H2/q;;+2;/p-2. The summed E-state index contributed by atoms with van der Waals surface area (Å²) < 4.78 is 0. The molecular formula is C28H56MgO4. The minimum absolute atomic E-state index is 0. The van der Waals surface area contributed by atoms with E-state index in [9.17, 15) is 15.0 Å². The molecule has 0 aromatic carbocycles. The van der Waals surface area contributed by atoms with Gasteiger partial charge in [0.2, 0.25) is 0 Å². The van der Waals surface area contributed by atoms with Crippen molar-refractivity contribution in [1.29, 1.82) is 0 Å². The van der Waals surface area contributed by atoms with Crippen LogP contribution in [0.5, 0.6) is 0 Å². The summed E-state index contributed by atoms with van der Waals surface area (Å²) in [4.78, 5) is 10.2. The SMILES string of the molecule is CC1CCC(C(C)C)C(O)C1.CCCCCCCCCCCCCCCCCC(=O)[O-].[Mg+2].[OH-]. The number of carbonyl (C=O) groups is 1. The molecule has 1 aliphatic rings. The fraction of sp³-hybridized carbons (Fsp3) is 0.964. The second-order valence-electron chi connectivity index (χ2n) is 10.5. The van der Waals surface area contributed by atoms with E-state index in [0.717, 1.165) is 25.2 Å². The molecule has 2 N–H and O–H groups in total. The van der Waals surface area contributed by atoms with E-state index in [4.69, 9.17) is 0 Å². The van der Waals surface area contributed by atoms with Crippen LogP contribution in [-0.2, 0) is 4.79 Å². The van der Waals surface area contributed by atoms with Crippen molar-refractivity contribution in [1.82, 2.24) is 0 Å². The van der Waals surface area contributed by atoms with Gasteiger partial charge < -0.3 is 20.5 Å². The first kappa shape index (κ1) is 37.7. The van der Waals surface area contributed by atoms with Crippen LogP contribution >= 0.6 is 0 Å². The van der Waals surface area contributed by atoms with Crippen molar-refractivity contribution in [2.75, 3.05) is 0 Å². The molecule has 194 valence electrons. The van der Waals surface area contributed by atoms with Crippen LogP contribution in [0.3, 0.4) is 0 Å². The van der Waals surface area contributed by atoms with Crippen molar-refractivity contribution in [3.63, 3.8) is 0 Å². The van der Waals surface area contributed by atoms with Gasteiger partial charge in [-0.15, -0.1) is 0 Å². The Kier molecular flexibility index (Phi) is 30.6. The first-order valence-electron chi connectivity index (χ1n) is 13.8. The summed E-state index contributed by atoms with van der Waals surface area (Å²) in [6.45, 7) is 8.93. The molecule has 1 rings (SSSR count). The first-order chi connectivity index (χ1) is 14.9. The Labute approximate surface area is 222 Å². The van der Waals surface area contributed by atoms with Gasteiger partial charge >= 0.3 is 23.1 Å². The van der Waals surface area contributed by atoms with E-state index in [1.807, 2.05) is 0 Å². The zero-order chi connectivity index (χ0) is 23.3. The van der Waals surface area contributed by atoms with Gasteiger partial charge in [0.05, 0.1) is 6.10 Å². The number of hydrogen-bond donors (Lipinski definition) is 1. The summed E-state index contributed by atoms with van der Waals surface area (Å²) in [7, 11) is 0. The number of aliphatic hydroxyl groups is 1. The zero-order valence-corrected chi connectivity index (χ0v) is 24.1. The van der Waals surface area contributed by atoms with E-state index < -0.39 is 5.97 Å². The Morgan fingerprint density at radius 1 is 0.818 bits per heavy atom. The summed E-state index contributed by atoms with van der Waals surface area (Å²) in [5.74, 6) is 1.04. The molecule has 4 nitrogen and oxygen atoms in total. The largest absolute Gasteiger partial charge is 2.00 e. The Morgan fingerprint density at radius 2 is 1.21 bits per heavy atom. The molecule has 3 atom stereocenters. The number of unbranched alkanes of at least 4 members (excludes halogenated alkanes) is 14. The normalized spacial score (nSPS) is 19.8. The molecule has 0 spiro atoms. The number of carbonyl (C=O) groups excluding carboxylic acids is 1. The van der Waals surface area contributed by atoms with E-state index in [-0.39, 0.29) is 41.1 Å². The Bertz CT molecular complexity index is 403. The molecule has 0 radical (unpaired) electrons. The van der Waals surface area contributed by atoms with Gasteiger partial charge in [0.25, 0.3) is 0 Å². The van der Waals surface area contributed by atoms with E-state index in [1.54, 1.807) is 0 Å². The van der Waals surface area contributed by atoms with E-state index in [1.165, 1.54) is 96.3 Å². The van der Waals surface area contributed by atoms with Crippen LogP contribution in [0.2, 0.25) is 0 Å².